The molecule has 158 valence electrons. The third-order valence-corrected chi connectivity index (χ3v) is 6.71. The first-order valence-corrected chi connectivity index (χ1v) is 12.6. The Morgan fingerprint density at radius 3 is 2.32 bits per heavy atom. The van der Waals surface area contributed by atoms with Crippen LogP contribution in [0.2, 0.25) is 0 Å². The molecule has 0 spiro atoms. The van der Waals surface area contributed by atoms with Crippen molar-refractivity contribution in [2.24, 2.45) is 0 Å². The monoisotopic (exact) mass is 450 g/mol. The van der Waals surface area contributed by atoms with Crippen LogP contribution in [0.4, 0.5) is 0 Å². The predicted molar refractivity (Wildman–Crippen MR) is 113 cm³/mol. The smallest absolute Gasteiger partial charge is 0.302 e. The molecule has 1 aromatic heterocycles. The van der Waals surface area contributed by atoms with E-state index in [1.807, 2.05) is 13.0 Å². The van der Waals surface area contributed by atoms with Crippen molar-refractivity contribution in [3.8, 4) is 0 Å². The summed E-state index contributed by atoms with van der Waals surface area (Å²) in [5.41, 5.74) is 3.53. The second-order valence-electron chi connectivity index (χ2n) is 6.45. The summed E-state index contributed by atoms with van der Waals surface area (Å²) in [5, 5.41) is 2.06. The topological polar surface area (TPSA) is 113 Å². The van der Waals surface area contributed by atoms with Gasteiger partial charge in [-0.05, 0) is 63.5 Å². The Bertz CT molecular complexity index is 787. The van der Waals surface area contributed by atoms with Crippen molar-refractivity contribution in [1.29, 1.82) is 0 Å². The maximum absolute atomic E-state index is 11.4. The van der Waals surface area contributed by atoms with Crippen molar-refractivity contribution >= 4 is 32.6 Å². The van der Waals surface area contributed by atoms with E-state index in [0.717, 1.165) is 31.3 Å². The van der Waals surface area contributed by atoms with Gasteiger partial charge in [-0.3, -0.25) is 4.52 Å². The van der Waals surface area contributed by atoms with Crippen LogP contribution in [-0.2, 0) is 18.0 Å². The second kappa shape index (κ2) is 12.0. The summed E-state index contributed by atoms with van der Waals surface area (Å²) in [5.74, 6) is 0. The molecule has 10 heteroatoms. The van der Waals surface area contributed by atoms with Gasteiger partial charge in [-0.2, -0.15) is 4.31 Å². The van der Waals surface area contributed by atoms with Gasteiger partial charge < -0.3 is 14.7 Å². The van der Waals surface area contributed by atoms with E-state index in [0.29, 0.717) is 0 Å². The Kier molecular flexibility index (Phi) is 10.8. The standard InChI is InChI=1S/C18H28O7P2S/c1-15(2)7-4-9-17(18-11-6-14-28-18)10-5-8-16(3)12-13-24-27(22,23)25-26(19,20)21/h6-7,10-12,14H,4-5,8-9,13H2,1-3H3,(H,22,23)(H2,19,20,21)/b16-12+,17-10-. The average molecular weight is 450 g/mol. The number of hydrogen-bond acceptors (Lipinski definition) is 5. The van der Waals surface area contributed by atoms with Crippen molar-refractivity contribution < 1.29 is 32.6 Å². The summed E-state index contributed by atoms with van der Waals surface area (Å²) in [6.45, 7) is 5.75. The molecule has 1 rings (SSSR count). The van der Waals surface area contributed by atoms with Crippen LogP contribution in [0.15, 0.2) is 46.9 Å². The third-order valence-electron chi connectivity index (χ3n) is 3.61. The Morgan fingerprint density at radius 2 is 1.75 bits per heavy atom. The highest BCUT2D eigenvalue weighted by Crippen LogP contribution is 2.57. The van der Waals surface area contributed by atoms with E-state index in [2.05, 4.69) is 46.3 Å². The van der Waals surface area contributed by atoms with Gasteiger partial charge in [0.25, 0.3) is 0 Å². The molecule has 1 unspecified atom stereocenters. The number of hydrogen-bond donors (Lipinski definition) is 3. The van der Waals surface area contributed by atoms with Gasteiger partial charge in [0.05, 0.1) is 6.61 Å². The molecule has 0 fully saturated rings. The maximum Gasteiger partial charge on any atom is 0.481 e. The molecule has 28 heavy (non-hydrogen) atoms. The lowest BCUT2D eigenvalue weighted by Crippen LogP contribution is -1.94. The number of phosphoric ester groups is 1. The van der Waals surface area contributed by atoms with Crippen LogP contribution in [0, 0.1) is 0 Å². The molecule has 1 heterocycles. The molecule has 0 aliphatic heterocycles. The van der Waals surface area contributed by atoms with Gasteiger partial charge in [-0.1, -0.05) is 35.4 Å². The minimum absolute atomic E-state index is 0.276. The summed E-state index contributed by atoms with van der Waals surface area (Å²) < 4.78 is 30.2. The number of phosphoric acid groups is 2. The normalized spacial score (nSPS) is 15.4. The van der Waals surface area contributed by atoms with Crippen LogP contribution in [0.25, 0.3) is 5.57 Å². The first-order valence-electron chi connectivity index (χ1n) is 8.74. The summed E-state index contributed by atoms with van der Waals surface area (Å²) >= 11 is 1.71. The van der Waals surface area contributed by atoms with Crippen molar-refractivity contribution in [1.82, 2.24) is 0 Å². The molecule has 0 aliphatic rings. The molecular formula is C18H28O7P2S. The van der Waals surface area contributed by atoms with E-state index in [1.54, 1.807) is 17.4 Å². The molecule has 0 bridgehead atoms. The molecule has 1 aromatic rings. The lowest BCUT2D eigenvalue weighted by atomic mass is 10.0. The van der Waals surface area contributed by atoms with E-state index >= 15 is 0 Å². The van der Waals surface area contributed by atoms with Crippen molar-refractivity contribution in [2.75, 3.05) is 6.61 Å². The van der Waals surface area contributed by atoms with Crippen LogP contribution < -0.4 is 0 Å². The van der Waals surface area contributed by atoms with Crippen molar-refractivity contribution in [2.45, 2.75) is 46.5 Å². The summed E-state index contributed by atoms with van der Waals surface area (Å²) in [6.07, 6.45) is 9.50. The number of rotatable bonds is 12. The molecule has 0 aliphatic carbocycles. The van der Waals surface area contributed by atoms with Gasteiger partial charge in [0.1, 0.15) is 0 Å². The highest BCUT2D eigenvalue weighted by molar-refractivity contribution is 7.60. The predicted octanol–water partition coefficient (Wildman–Crippen LogP) is 5.83. The molecule has 3 N–H and O–H groups in total. The van der Waals surface area contributed by atoms with E-state index in [4.69, 9.17) is 9.79 Å². The van der Waals surface area contributed by atoms with Gasteiger partial charge >= 0.3 is 15.6 Å². The molecule has 0 aromatic carbocycles. The van der Waals surface area contributed by atoms with Crippen molar-refractivity contribution in [3.05, 3.63) is 51.8 Å². The summed E-state index contributed by atoms with van der Waals surface area (Å²) in [6, 6.07) is 4.14. The van der Waals surface area contributed by atoms with Gasteiger partial charge in [-0.15, -0.1) is 11.3 Å². The van der Waals surface area contributed by atoms with E-state index in [1.165, 1.54) is 16.0 Å². The van der Waals surface area contributed by atoms with Crippen LogP contribution in [0.1, 0.15) is 51.3 Å². The van der Waals surface area contributed by atoms with Gasteiger partial charge in [0.15, 0.2) is 0 Å². The Morgan fingerprint density at radius 1 is 1.07 bits per heavy atom. The first kappa shape index (κ1) is 25.2. The average Bonchev–Trinajstić information content (AvgIpc) is 3.04. The lowest BCUT2D eigenvalue weighted by molar-refractivity contribution is 0.191. The van der Waals surface area contributed by atoms with Crippen molar-refractivity contribution in [3.63, 3.8) is 0 Å². The van der Waals surface area contributed by atoms with Gasteiger partial charge in [-0.25, -0.2) is 9.13 Å². The molecule has 0 amide bonds. The Labute approximate surface area is 170 Å². The maximum atomic E-state index is 11.4. The molecule has 1 atom stereocenters. The number of thiophene rings is 1. The zero-order valence-corrected chi connectivity index (χ0v) is 18.9. The van der Waals surface area contributed by atoms with Gasteiger partial charge in [0, 0.05) is 4.88 Å². The molecule has 0 saturated heterocycles. The third kappa shape index (κ3) is 11.9. The van der Waals surface area contributed by atoms with Crippen LogP contribution >= 0.6 is 27.0 Å². The number of allylic oxidation sites excluding steroid dienone is 5. The largest absolute Gasteiger partial charge is 0.481 e. The molecule has 0 radical (unpaired) electrons. The Hall–Kier alpha value is -0.820. The zero-order valence-electron chi connectivity index (χ0n) is 16.3. The van der Waals surface area contributed by atoms with Crippen LogP contribution in [0.3, 0.4) is 0 Å². The first-order chi connectivity index (χ1) is 13.0. The highest BCUT2D eigenvalue weighted by Gasteiger charge is 2.31. The summed E-state index contributed by atoms with van der Waals surface area (Å²) in [4.78, 5) is 27.6. The lowest BCUT2D eigenvalue weighted by Gasteiger charge is -2.11. The molecular weight excluding hydrogens is 422 g/mol. The van der Waals surface area contributed by atoms with E-state index < -0.39 is 15.6 Å². The van der Waals surface area contributed by atoms with E-state index in [9.17, 15) is 14.0 Å². The molecule has 7 nitrogen and oxygen atoms in total. The second-order valence-corrected chi connectivity index (χ2v) is 10.2. The van der Waals surface area contributed by atoms with E-state index in [-0.39, 0.29) is 6.61 Å². The fraction of sp³-hybridized carbons (Fsp3) is 0.444. The van der Waals surface area contributed by atoms with Crippen LogP contribution in [0.5, 0.6) is 0 Å². The zero-order chi connectivity index (χ0) is 21.2. The highest BCUT2D eigenvalue weighted by atomic mass is 32.1. The quantitative estimate of drug-likeness (QED) is 0.271. The fourth-order valence-electron chi connectivity index (χ4n) is 2.31. The minimum atomic E-state index is -5.09. The fourth-order valence-corrected chi connectivity index (χ4v) is 4.64. The van der Waals surface area contributed by atoms with Gasteiger partial charge in [0.2, 0.25) is 0 Å². The Balaban J connectivity index is 2.57. The van der Waals surface area contributed by atoms with Crippen LogP contribution in [-0.4, -0.2) is 21.3 Å². The molecule has 0 saturated carbocycles. The SMILES string of the molecule is CC(C)=CCC/C(=C/CC/C(C)=C/COP(=O)(O)OP(=O)(O)O)c1cccs1. The summed E-state index contributed by atoms with van der Waals surface area (Å²) in [7, 11) is -9.88. The minimum Gasteiger partial charge on any atom is -0.302 e.